The minimum absolute atomic E-state index is 0.0664. The predicted molar refractivity (Wildman–Crippen MR) is 85.4 cm³/mol. The van der Waals surface area contributed by atoms with Crippen molar-refractivity contribution in [1.82, 2.24) is 0 Å². The van der Waals surface area contributed by atoms with Gasteiger partial charge in [-0.05, 0) is 12.8 Å². The molecule has 0 aliphatic carbocycles. The molecule has 0 saturated heterocycles. The maximum absolute atomic E-state index is 11.6. The van der Waals surface area contributed by atoms with Gasteiger partial charge in [0.05, 0.1) is 6.61 Å². The van der Waals surface area contributed by atoms with Crippen molar-refractivity contribution < 1.29 is 24.2 Å². The van der Waals surface area contributed by atoms with Gasteiger partial charge < -0.3 is 14.6 Å². The van der Waals surface area contributed by atoms with Gasteiger partial charge in [-0.15, -0.1) is 0 Å². The third kappa shape index (κ3) is 12.6. The quantitative estimate of drug-likeness (QED) is 0.393. The van der Waals surface area contributed by atoms with Crippen molar-refractivity contribution in [3.05, 3.63) is 0 Å². The van der Waals surface area contributed by atoms with Gasteiger partial charge in [0.1, 0.15) is 6.61 Å². The fraction of sp³-hybridized carbons (Fsp3) is 0.882. The van der Waals surface area contributed by atoms with E-state index in [2.05, 4.69) is 13.8 Å². The van der Waals surface area contributed by atoms with E-state index in [0.29, 0.717) is 12.8 Å². The summed E-state index contributed by atoms with van der Waals surface area (Å²) in [7, 11) is 0. The summed E-state index contributed by atoms with van der Waals surface area (Å²) in [6.07, 6.45) is 8.10. The van der Waals surface area contributed by atoms with E-state index in [4.69, 9.17) is 9.47 Å². The highest BCUT2D eigenvalue weighted by molar-refractivity contribution is 5.70. The second kappa shape index (κ2) is 14.8. The van der Waals surface area contributed by atoms with Gasteiger partial charge in [-0.25, -0.2) is 0 Å². The molecular weight excluding hydrogens is 284 g/mol. The Morgan fingerprint density at radius 1 is 0.864 bits per heavy atom. The normalized spacial score (nSPS) is 12.0. The van der Waals surface area contributed by atoms with Crippen LogP contribution in [0.2, 0.25) is 0 Å². The number of carbonyl (C=O) groups excluding carboxylic acids is 2. The summed E-state index contributed by atoms with van der Waals surface area (Å²) in [6, 6.07) is 0. The summed E-state index contributed by atoms with van der Waals surface area (Å²) in [5.41, 5.74) is 0. The third-order valence-corrected chi connectivity index (χ3v) is 3.40. The number of unbranched alkanes of at least 4 members (excludes halogenated alkanes) is 6. The van der Waals surface area contributed by atoms with E-state index in [9.17, 15) is 14.7 Å². The molecule has 0 aliphatic heterocycles. The summed E-state index contributed by atoms with van der Waals surface area (Å²) >= 11 is 0. The Bertz CT molecular complexity index is 291. The Balaban J connectivity index is 3.76. The van der Waals surface area contributed by atoms with Gasteiger partial charge in [-0.1, -0.05) is 52.4 Å². The molecule has 0 aromatic carbocycles. The Labute approximate surface area is 134 Å². The zero-order valence-corrected chi connectivity index (χ0v) is 14.1. The van der Waals surface area contributed by atoms with Crippen molar-refractivity contribution in [2.24, 2.45) is 0 Å². The highest BCUT2D eigenvalue weighted by atomic mass is 16.6. The van der Waals surface area contributed by atoms with E-state index in [1.54, 1.807) is 0 Å². The molecule has 130 valence electrons. The molecule has 0 rings (SSSR count). The molecule has 0 spiro atoms. The smallest absolute Gasteiger partial charge is 0.306 e. The summed E-state index contributed by atoms with van der Waals surface area (Å²) in [6.45, 7) is 3.81. The Kier molecular flexibility index (Phi) is 14.1. The van der Waals surface area contributed by atoms with Crippen LogP contribution in [0.15, 0.2) is 0 Å². The zero-order valence-electron chi connectivity index (χ0n) is 14.1. The minimum atomic E-state index is -0.752. The molecule has 0 amide bonds. The van der Waals surface area contributed by atoms with E-state index in [1.165, 1.54) is 12.8 Å². The molecule has 0 radical (unpaired) electrons. The molecular formula is C17H32O5. The van der Waals surface area contributed by atoms with Crippen molar-refractivity contribution in [1.29, 1.82) is 0 Å². The molecule has 5 nitrogen and oxygen atoms in total. The maximum atomic E-state index is 11.6. The van der Waals surface area contributed by atoms with Gasteiger partial charge in [0.15, 0.2) is 6.10 Å². The molecule has 1 unspecified atom stereocenters. The number of ether oxygens (including phenoxy) is 2. The number of hydrogen-bond donors (Lipinski definition) is 1. The largest absolute Gasteiger partial charge is 0.462 e. The van der Waals surface area contributed by atoms with E-state index in [0.717, 1.165) is 38.5 Å². The van der Waals surface area contributed by atoms with E-state index < -0.39 is 6.10 Å². The summed E-state index contributed by atoms with van der Waals surface area (Å²) in [5, 5.41) is 9.17. The van der Waals surface area contributed by atoms with Crippen LogP contribution in [0.3, 0.4) is 0 Å². The van der Waals surface area contributed by atoms with Gasteiger partial charge in [0, 0.05) is 12.8 Å². The van der Waals surface area contributed by atoms with Gasteiger partial charge in [-0.3, -0.25) is 9.59 Å². The van der Waals surface area contributed by atoms with Crippen molar-refractivity contribution in [2.75, 3.05) is 13.2 Å². The molecule has 22 heavy (non-hydrogen) atoms. The first-order valence-corrected chi connectivity index (χ1v) is 8.59. The van der Waals surface area contributed by atoms with Crippen molar-refractivity contribution in [2.45, 2.75) is 84.2 Å². The molecule has 1 atom stereocenters. The molecule has 0 aromatic heterocycles. The minimum Gasteiger partial charge on any atom is -0.462 e. The first kappa shape index (κ1) is 20.9. The third-order valence-electron chi connectivity index (χ3n) is 3.40. The topological polar surface area (TPSA) is 72.8 Å². The molecule has 1 N–H and O–H groups in total. The Morgan fingerprint density at radius 2 is 1.41 bits per heavy atom. The number of carbonyl (C=O) groups is 2. The van der Waals surface area contributed by atoms with E-state index in [-0.39, 0.29) is 25.2 Å². The summed E-state index contributed by atoms with van der Waals surface area (Å²) < 4.78 is 10.1. The second-order valence-electron chi connectivity index (χ2n) is 5.60. The lowest BCUT2D eigenvalue weighted by molar-refractivity contribution is -0.161. The molecule has 0 aromatic rings. The summed E-state index contributed by atoms with van der Waals surface area (Å²) in [5.74, 6) is -0.639. The van der Waals surface area contributed by atoms with Crippen LogP contribution in [0.1, 0.15) is 78.1 Å². The molecule has 5 heteroatoms. The van der Waals surface area contributed by atoms with Gasteiger partial charge >= 0.3 is 11.9 Å². The molecule has 0 fully saturated rings. The van der Waals surface area contributed by atoms with Crippen molar-refractivity contribution in [3.63, 3.8) is 0 Å². The lowest BCUT2D eigenvalue weighted by Crippen LogP contribution is -2.28. The second-order valence-corrected chi connectivity index (χ2v) is 5.60. The fourth-order valence-corrected chi connectivity index (χ4v) is 2.02. The van der Waals surface area contributed by atoms with Crippen LogP contribution in [0, 0.1) is 0 Å². The van der Waals surface area contributed by atoms with Gasteiger partial charge in [0.25, 0.3) is 0 Å². The van der Waals surface area contributed by atoms with Crippen molar-refractivity contribution in [3.8, 4) is 0 Å². The lowest BCUT2D eigenvalue weighted by Gasteiger charge is -2.15. The highest BCUT2D eigenvalue weighted by Gasteiger charge is 2.15. The Hall–Kier alpha value is -1.10. The van der Waals surface area contributed by atoms with Crippen LogP contribution in [0.4, 0.5) is 0 Å². The molecule has 0 saturated carbocycles. The van der Waals surface area contributed by atoms with Gasteiger partial charge in [-0.2, -0.15) is 0 Å². The van der Waals surface area contributed by atoms with Crippen LogP contribution in [-0.2, 0) is 19.1 Å². The lowest BCUT2D eigenvalue weighted by atomic mass is 10.1. The number of aliphatic hydroxyl groups is 1. The standard InChI is InChI=1S/C17H32O5/c1-3-5-7-8-10-12-17(20)22-15(13-18)14-21-16(19)11-9-6-4-2/h15,18H,3-14H2,1-2H3. The predicted octanol–water partition coefficient (Wildman–Crippen LogP) is 3.37. The van der Waals surface area contributed by atoms with Crippen LogP contribution in [0.25, 0.3) is 0 Å². The molecule has 0 bridgehead atoms. The first-order valence-electron chi connectivity index (χ1n) is 8.59. The molecule has 0 aliphatic rings. The van der Waals surface area contributed by atoms with E-state index >= 15 is 0 Å². The average molecular weight is 316 g/mol. The van der Waals surface area contributed by atoms with Crippen LogP contribution < -0.4 is 0 Å². The van der Waals surface area contributed by atoms with Crippen LogP contribution in [-0.4, -0.2) is 36.4 Å². The first-order chi connectivity index (χ1) is 10.6. The summed E-state index contributed by atoms with van der Waals surface area (Å²) in [4.78, 5) is 23.1. The number of rotatable bonds is 14. The van der Waals surface area contributed by atoms with Crippen LogP contribution >= 0.6 is 0 Å². The number of hydrogen-bond acceptors (Lipinski definition) is 5. The zero-order chi connectivity index (χ0) is 16.6. The number of esters is 2. The fourth-order valence-electron chi connectivity index (χ4n) is 2.02. The van der Waals surface area contributed by atoms with Gasteiger partial charge in [0.2, 0.25) is 0 Å². The SMILES string of the molecule is CCCCCCCC(=O)OC(CO)COC(=O)CCCCC. The number of aliphatic hydroxyl groups excluding tert-OH is 1. The highest BCUT2D eigenvalue weighted by Crippen LogP contribution is 2.07. The average Bonchev–Trinajstić information content (AvgIpc) is 2.51. The van der Waals surface area contributed by atoms with Crippen molar-refractivity contribution >= 4 is 11.9 Å². The Morgan fingerprint density at radius 3 is 2.05 bits per heavy atom. The molecule has 0 heterocycles. The van der Waals surface area contributed by atoms with E-state index in [1.807, 2.05) is 0 Å². The monoisotopic (exact) mass is 316 g/mol. The maximum Gasteiger partial charge on any atom is 0.306 e. The van der Waals surface area contributed by atoms with Crippen LogP contribution in [0.5, 0.6) is 0 Å².